The molecule has 5 heteroatoms. The quantitative estimate of drug-likeness (QED) is 0.599. The third-order valence-electron chi connectivity index (χ3n) is 3.65. The van der Waals surface area contributed by atoms with Gasteiger partial charge in [0.25, 0.3) is 0 Å². The molecule has 0 aliphatic rings. The first-order valence-corrected chi connectivity index (χ1v) is 7.86. The van der Waals surface area contributed by atoms with Gasteiger partial charge in [0, 0.05) is 23.1 Å². The number of carbonyl (C=O) groups is 1. The number of rotatable bonds is 3. The van der Waals surface area contributed by atoms with Crippen molar-refractivity contribution in [1.29, 1.82) is 0 Å². The highest BCUT2D eigenvalue weighted by atomic mass is 35.5. The van der Waals surface area contributed by atoms with E-state index in [4.69, 9.17) is 23.2 Å². The second-order valence-electron chi connectivity index (χ2n) is 5.25. The summed E-state index contributed by atoms with van der Waals surface area (Å²) in [4.78, 5) is 11.9. The lowest BCUT2D eigenvalue weighted by molar-refractivity contribution is 0.101. The fraction of sp³-hybridized carbons (Fsp3) is 0.111. The Labute approximate surface area is 144 Å². The number of carbonyl (C=O) groups excluding carboxylic acids is 1. The predicted octanol–water partition coefficient (Wildman–Crippen LogP) is 5.36. The van der Waals surface area contributed by atoms with Crippen LogP contribution in [0.25, 0.3) is 16.9 Å². The summed E-state index contributed by atoms with van der Waals surface area (Å²) in [7, 11) is 0. The minimum Gasteiger partial charge on any atom is -0.293 e. The number of nitrogens with zero attached hydrogens (tertiary/aromatic N) is 2. The van der Waals surface area contributed by atoms with Crippen LogP contribution in [-0.4, -0.2) is 15.6 Å². The number of halogens is 2. The number of para-hydroxylation sites is 1. The zero-order chi connectivity index (χ0) is 16.6. The summed E-state index contributed by atoms with van der Waals surface area (Å²) < 4.78 is 1.72. The highest BCUT2D eigenvalue weighted by Gasteiger charge is 2.20. The van der Waals surface area contributed by atoms with Crippen molar-refractivity contribution < 1.29 is 4.79 Å². The SMILES string of the molecule is CC(=O)c1nn(-c2ccccc2Cl)c(-c2ccc(Cl)cc2)c1C. The van der Waals surface area contributed by atoms with Gasteiger partial charge in [-0.25, -0.2) is 4.68 Å². The van der Waals surface area contributed by atoms with Crippen LogP contribution in [0.15, 0.2) is 48.5 Å². The fourth-order valence-electron chi connectivity index (χ4n) is 2.57. The highest BCUT2D eigenvalue weighted by molar-refractivity contribution is 6.32. The van der Waals surface area contributed by atoms with E-state index in [9.17, 15) is 4.79 Å². The molecule has 0 unspecified atom stereocenters. The van der Waals surface area contributed by atoms with Crippen LogP contribution < -0.4 is 0 Å². The van der Waals surface area contributed by atoms with Crippen LogP contribution >= 0.6 is 23.2 Å². The van der Waals surface area contributed by atoms with Crippen molar-refractivity contribution >= 4 is 29.0 Å². The molecule has 3 rings (SSSR count). The van der Waals surface area contributed by atoms with Crippen LogP contribution in [0.4, 0.5) is 0 Å². The minimum atomic E-state index is -0.0801. The van der Waals surface area contributed by atoms with Crippen molar-refractivity contribution in [3.8, 4) is 16.9 Å². The van der Waals surface area contributed by atoms with Gasteiger partial charge in [0.2, 0.25) is 0 Å². The zero-order valence-electron chi connectivity index (χ0n) is 12.7. The van der Waals surface area contributed by atoms with E-state index in [2.05, 4.69) is 5.10 Å². The molecule has 0 fully saturated rings. The Balaban J connectivity index is 2.31. The second kappa shape index (κ2) is 6.19. The molecule has 2 aromatic carbocycles. The number of hydrogen-bond acceptors (Lipinski definition) is 2. The minimum absolute atomic E-state index is 0.0801. The lowest BCUT2D eigenvalue weighted by Crippen LogP contribution is -2.01. The fourth-order valence-corrected chi connectivity index (χ4v) is 2.92. The average Bonchev–Trinajstić information content (AvgIpc) is 2.86. The van der Waals surface area contributed by atoms with Crippen molar-refractivity contribution in [2.24, 2.45) is 0 Å². The van der Waals surface area contributed by atoms with Crippen molar-refractivity contribution in [3.05, 3.63) is 69.8 Å². The molecule has 0 N–H and O–H groups in total. The van der Waals surface area contributed by atoms with Crippen molar-refractivity contribution in [2.75, 3.05) is 0 Å². The molecule has 3 nitrogen and oxygen atoms in total. The average molecular weight is 345 g/mol. The van der Waals surface area contributed by atoms with Gasteiger partial charge in [-0.3, -0.25) is 4.79 Å². The Morgan fingerprint density at radius 2 is 1.70 bits per heavy atom. The Bertz CT molecular complexity index is 883. The number of ketones is 1. The van der Waals surface area contributed by atoms with E-state index in [0.29, 0.717) is 15.7 Å². The van der Waals surface area contributed by atoms with Crippen LogP contribution in [0.2, 0.25) is 10.0 Å². The van der Waals surface area contributed by atoms with Gasteiger partial charge in [0.05, 0.1) is 16.4 Å². The summed E-state index contributed by atoms with van der Waals surface area (Å²) in [6.07, 6.45) is 0. The smallest absolute Gasteiger partial charge is 0.180 e. The van der Waals surface area contributed by atoms with Crippen LogP contribution in [0.3, 0.4) is 0 Å². The van der Waals surface area contributed by atoms with E-state index in [0.717, 1.165) is 22.5 Å². The van der Waals surface area contributed by atoms with E-state index in [-0.39, 0.29) is 5.78 Å². The first-order chi connectivity index (χ1) is 11.0. The van der Waals surface area contributed by atoms with Crippen molar-refractivity contribution in [3.63, 3.8) is 0 Å². The topological polar surface area (TPSA) is 34.9 Å². The lowest BCUT2D eigenvalue weighted by Gasteiger charge is -2.10. The Morgan fingerprint density at radius 3 is 2.30 bits per heavy atom. The van der Waals surface area contributed by atoms with Gasteiger partial charge < -0.3 is 0 Å². The first-order valence-electron chi connectivity index (χ1n) is 7.10. The molecular formula is C18H14Cl2N2O. The normalized spacial score (nSPS) is 10.8. The predicted molar refractivity (Wildman–Crippen MR) is 93.8 cm³/mol. The molecule has 116 valence electrons. The second-order valence-corrected chi connectivity index (χ2v) is 6.09. The summed E-state index contributed by atoms with van der Waals surface area (Å²) in [6.45, 7) is 3.40. The van der Waals surface area contributed by atoms with E-state index >= 15 is 0 Å². The maximum atomic E-state index is 11.9. The van der Waals surface area contributed by atoms with E-state index in [1.165, 1.54) is 6.92 Å². The number of hydrogen-bond donors (Lipinski definition) is 0. The molecule has 0 aliphatic heterocycles. The van der Waals surface area contributed by atoms with Crippen LogP contribution in [-0.2, 0) is 0 Å². The molecule has 0 amide bonds. The molecule has 23 heavy (non-hydrogen) atoms. The van der Waals surface area contributed by atoms with Gasteiger partial charge >= 0.3 is 0 Å². The first kappa shape index (κ1) is 15.8. The van der Waals surface area contributed by atoms with Gasteiger partial charge in [0.1, 0.15) is 5.69 Å². The molecule has 1 aromatic heterocycles. The number of aromatic nitrogens is 2. The van der Waals surface area contributed by atoms with Crippen LogP contribution in [0, 0.1) is 6.92 Å². The molecule has 3 aromatic rings. The number of Topliss-reactive ketones (excluding diaryl/α,β-unsaturated/α-hetero) is 1. The van der Waals surface area contributed by atoms with Gasteiger partial charge in [-0.2, -0.15) is 5.10 Å². The molecule has 0 atom stereocenters. The summed E-state index contributed by atoms with van der Waals surface area (Å²) in [5, 5.41) is 5.71. The van der Waals surface area contributed by atoms with Gasteiger partial charge in [-0.1, -0.05) is 47.5 Å². The third-order valence-corrected chi connectivity index (χ3v) is 4.23. The van der Waals surface area contributed by atoms with E-state index in [1.807, 2.05) is 49.4 Å². The summed E-state index contributed by atoms with van der Waals surface area (Å²) in [5.41, 5.74) is 3.75. The molecule has 0 spiro atoms. The third kappa shape index (κ3) is 2.90. The van der Waals surface area contributed by atoms with Crippen LogP contribution in [0.5, 0.6) is 0 Å². The molecule has 1 heterocycles. The zero-order valence-corrected chi connectivity index (χ0v) is 14.2. The van der Waals surface area contributed by atoms with Gasteiger partial charge in [-0.15, -0.1) is 0 Å². The van der Waals surface area contributed by atoms with E-state index in [1.54, 1.807) is 10.7 Å². The maximum absolute atomic E-state index is 11.9. The van der Waals surface area contributed by atoms with Gasteiger partial charge in [-0.05, 0) is 31.2 Å². The molecule has 0 saturated carbocycles. The Morgan fingerprint density at radius 1 is 1.04 bits per heavy atom. The highest BCUT2D eigenvalue weighted by Crippen LogP contribution is 2.32. The largest absolute Gasteiger partial charge is 0.293 e. The summed E-state index contributed by atoms with van der Waals surface area (Å²) in [6, 6.07) is 14.9. The molecule has 0 radical (unpaired) electrons. The molecule has 0 aliphatic carbocycles. The maximum Gasteiger partial charge on any atom is 0.180 e. The van der Waals surface area contributed by atoms with Crippen molar-refractivity contribution in [1.82, 2.24) is 9.78 Å². The lowest BCUT2D eigenvalue weighted by atomic mass is 10.1. The standard InChI is InChI=1S/C18H14Cl2N2O/c1-11-17(12(2)23)21-22(16-6-4-3-5-15(16)20)18(11)13-7-9-14(19)10-8-13/h3-10H,1-2H3. The Kier molecular flexibility index (Phi) is 4.24. The monoisotopic (exact) mass is 344 g/mol. The molecule has 0 bridgehead atoms. The van der Waals surface area contributed by atoms with Crippen LogP contribution in [0.1, 0.15) is 23.0 Å². The number of benzene rings is 2. The van der Waals surface area contributed by atoms with E-state index < -0.39 is 0 Å². The molecule has 0 saturated heterocycles. The summed E-state index contributed by atoms with van der Waals surface area (Å²) in [5.74, 6) is -0.0801. The van der Waals surface area contributed by atoms with Gasteiger partial charge in [0.15, 0.2) is 5.78 Å². The molecular weight excluding hydrogens is 331 g/mol. The van der Waals surface area contributed by atoms with Crippen molar-refractivity contribution in [2.45, 2.75) is 13.8 Å². The summed E-state index contributed by atoms with van der Waals surface area (Å²) >= 11 is 12.3. The Hall–Kier alpha value is -2.10.